The summed E-state index contributed by atoms with van der Waals surface area (Å²) in [6, 6.07) is 0. The molecule has 0 aliphatic carbocycles. The average molecular weight is 273 g/mol. The van der Waals surface area contributed by atoms with Crippen LogP contribution in [0.2, 0.25) is 0 Å². The lowest BCUT2D eigenvalue weighted by Crippen LogP contribution is -2.08. The van der Waals surface area contributed by atoms with Crippen molar-refractivity contribution in [1.82, 2.24) is 19.7 Å². The highest BCUT2D eigenvalue weighted by Crippen LogP contribution is 2.27. The monoisotopic (exact) mass is 273 g/mol. The maximum Gasteiger partial charge on any atom is 0.165 e. The average Bonchev–Trinajstić information content (AvgIpc) is 2.66. The normalized spacial score (nSPS) is 10.9. The summed E-state index contributed by atoms with van der Waals surface area (Å²) in [4.78, 5) is 9.43. The molecule has 0 spiro atoms. The summed E-state index contributed by atoms with van der Waals surface area (Å²) in [5, 5.41) is 7.78. The highest BCUT2D eigenvalue weighted by atomic mass is 15.3. The Kier molecular flexibility index (Phi) is 4.06. The number of nitrogens with one attached hydrogen (secondary N) is 1. The number of anilines is 1. The summed E-state index contributed by atoms with van der Waals surface area (Å²) >= 11 is 0. The second-order valence-electron chi connectivity index (χ2n) is 5.02. The molecule has 0 aromatic carbocycles. The van der Waals surface area contributed by atoms with E-state index >= 15 is 0 Å². The molecule has 0 saturated carbocycles. The lowest BCUT2D eigenvalue weighted by atomic mass is 10.1. The van der Waals surface area contributed by atoms with E-state index in [0.717, 1.165) is 52.8 Å². The topological polar surface area (TPSA) is 55.6 Å². The fourth-order valence-electron chi connectivity index (χ4n) is 2.46. The molecule has 108 valence electrons. The van der Waals surface area contributed by atoms with Gasteiger partial charge in [0.1, 0.15) is 5.82 Å². The van der Waals surface area contributed by atoms with Crippen molar-refractivity contribution in [3.05, 3.63) is 22.6 Å². The van der Waals surface area contributed by atoms with Gasteiger partial charge in [-0.3, -0.25) is 4.68 Å². The van der Waals surface area contributed by atoms with E-state index in [0.29, 0.717) is 0 Å². The highest BCUT2D eigenvalue weighted by molar-refractivity contribution is 5.64. The van der Waals surface area contributed by atoms with Crippen LogP contribution in [0.25, 0.3) is 11.4 Å². The summed E-state index contributed by atoms with van der Waals surface area (Å²) in [7, 11) is 1.95. The molecule has 0 amide bonds. The lowest BCUT2D eigenvalue weighted by Gasteiger charge is -2.12. The molecule has 0 unspecified atom stereocenters. The van der Waals surface area contributed by atoms with Crippen LogP contribution in [0.1, 0.15) is 36.5 Å². The van der Waals surface area contributed by atoms with E-state index < -0.39 is 0 Å². The van der Waals surface area contributed by atoms with Gasteiger partial charge in [-0.15, -0.1) is 0 Å². The van der Waals surface area contributed by atoms with Crippen molar-refractivity contribution in [3.8, 4) is 11.4 Å². The predicted molar refractivity (Wildman–Crippen MR) is 82.0 cm³/mol. The smallest absolute Gasteiger partial charge is 0.165 e. The minimum absolute atomic E-state index is 0.770. The second kappa shape index (κ2) is 5.61. The van der Waals surface area contributed by atoms with Crippen molar-refractivity contribution < 1.29 is 0 Å². The quantitative estimate of drug-likeness (QED) is 0.930. The molecule has 2 aromatic rings. The summed E-state index contributed by atoms with van der Waals surface area (Å²) in [6.45, 7) is 11.2. The summed E-state index contributed by atoms with van der Waals surface area (Å²) in [6.07, 6.45) is 0.901. The van der Waals surface area contributed by atoms with Gasteiger partial charge >= 0.3 is 0 Å². The third-order valence-corrected chi connectivity index (χ3v) is 3.66. The Morgan fingerprint density at radius 1 is 1.10 bits per heavy atom. The maximum absolute atomic E-state index is 4.73. The Morgan fingerprint density at radius 3 is 2.30 bits per heavy atom. The molecule has 5 nitrogen and oxygen atoms in total. The van der Waals surface area contributed by atoms with Gasteiger partial charge in [0.15, 0.2) is 5.82 Å². The van der Waals surface area contributed by atoms with Crippen molar-refractivity contribution in [1.29, 1.82) is 0 Å². The number of rotatable bonds is 4. The van der Waals surface area contributed by atoms with Crippen LogP contribution in [0.4, 0.5) is 5.82 Å². The fraction of sp³-hybridized carbons (Fsp3) is 0.533. The summed E-state index contributed by atoms with van der Waals surface area (Å²) in [5.41, 5.74) is 5.33. The number of hydrogen-bond donors (Lipinski definition) is 1. The molecule has 0 fully saturated rings. The predicted octanol–water partition coefficient (Wildman–Crippen LogP) is 2.80. The van der Waals surface area contributed by atoms with Crippen LogP contribution in [0.5, 0.6) is 0 Å². The van der Waals surface area contributed by atoms with Crippen LogP contribution >= 0.6 is 0 Å². The number of hydrogen-bond acceptors (Lipinski definition) is 4. The van der Waals surface area contributed by atoms with Gasteiger partial charge in [0, 0.05) is 30.5 Å². The highest BCUT2D eigenvalue weighted by Gasteiger charge is 2.17. The minimum Gasteiger partial charge on any atom is -0.370 e. The first-order valence-electron chi connectivity index (χ1n) is 7.11. The Hall–Kier alpha value is -1.91. The van der Waals surface area contributed by atoms with Crippen molar-refractivity contribution >= 4 is 5.82 Å². The van der Waals surface area contributed by atoms with Crippen LogP contribution in [-0.2, 0) is 13.5 Å². The first kappa shape index (κ1) is 14.5. The Balaban J connectivity index is 2.65. The van der Waals surface area contributed by atoms with E-state index in [1.165, 1.54) is 0 Å². The molecule has 5 heteroatoms. The fourth-order valence-corrected chi connectivity index (χ4v) is 2.46. The zero-order valence-electron chi connectivity index (χ0n) is 13.2. The zero-order chi connectivity index (χ0) is 14.9. The van der Waals surface area contributed by atoms with Crippen LogP contribution in [0.15, 0.2) is 0 Å². The van der Waals surface area contributed by atoms with Crippen molar-refractivity contribution in [3.63, 3.8) is 0 Å². The van der Waals surface area contributed by atoms with Crippen molar-refractivity contribution in [2.45, 2.75) is 41.0 Å². The standard InChI is InChI=1S/C15H23N5/c1-7-12-9(3)14(16-8-2)18-15(17-12)13-10(4)19-20(6)11(13)5/h7-8H2,1-6H3,(H,16,17,18). The molecule has 2 heterocycles. The van der Waals surface area contributed by atoms with Crippen LogP contribution in [0.3, 0.4) is 0 Å². The van der Waals surface area contributed by atoms with Gasteiger partial charge in [0.05, 0.1) is 11.3 Å². The van der Waals surface area contributed by atoms with E-state index in [-0.39, 0.29) is 0 Å². The third kappa shape index (κ3) is 2.40. The Morgan fingerprint density at radius 2 is 1.80 bits per heavy atom. The molecular weight excluding hydrogens is 250 g/mol. The van der Waals surface area contributed by atoms with Gasteiger partial charge in [-0.05, 0) is 34.1 Å². The molecule has 0 radical (unpaired) electrons. The van der Waals surface area contributed by atoms with E-state index in [2.05, 4.69) is 38.1 Å². The van der Waals surface area contributed by atoms with Gasteiger partial charge in [0.2, 0.25) is 0 Å². The Bertz CT molecular complexity index is 628. The van der Waals surface area contributed by atoms with Gasteiger partial charge in [0.25, 0.3) is 0 Å². The number of nitrogens with zero attached hydrogens (tertiary/aromatic N) is 4. The molecule has 1 N–H and O–H groups in total. The molecule has 0 aliphatic rings. The first-order chi connectivity index (χ1) is 9.49. The Labute approximate surface area is 120 Å². The molecule has 0 aliphatic heterocycles. The molecule has 2 rings (SSSR count). The van der Waals surface area contributed by atoms with Crippen LogP contribution in [-0.4, -0.2) is 26.3 Å². The van der Waals surface area contributed by atoms with Gasteiger partial charge < -0.3 is 5.32 Å². The lowest BCUT2D eigenvalue weighted by molar-refractivity contribution is 0.731. The molecule has 0 bridgehead atoms. The molecular formula is C15H23N5. The number of aryl methyl sites for hydroxylation is 3. The zero-order valence-corrected chi connectivity index (χ0v) is 13.2. The first-order valence-corrected chi connectivity index (χ1v) is 7.11. The molecule has 20 heavy (non-hydrogen) atoms. The van der Waals surface area contributed by atoms with E-state index in [9.17, 15) is 0 Å². The largest absolute Gasteiger partial charge is 0.370 e. The molecule has 2 aromatic heterocycles. The number of aromatic nitrogens is 4. The van der Waals surface area contributed by atoms with E-state index in [1.54, 1.807) is 0 Å². The molecule has 0 atom stereocenters. The van der Waals surface area contributed by atoms with Crippen LogP contribution < -0.4 is 5.32 Å². The summed E-state index contributed by atoms with van der Waals surface area (Å²) in [5.74, 6) is 1.70. The van der Waals surface area contributed by atoms with Crippen molar-refractivity contribution in [2.75, 3.05) is 11.9 Å². The second-order valence-corrected chi connectivity index (χ2v) is 5.02. The maximum atomic E-state index is 4.73. The molecule has 0 saturated heterocycles. The summed E-state index contributed by atoms with van der Waals surface area (Å²) < 4.78 is 1.88. The van der Waals surface area contributed by atoms with Crippen LogP contribution in [0, 0.1) is 20.8 Å². The SMILES string of the molecule is CCNc1nc(-c2c(C)nn(C)c2C)nc(CC)c1C. The van der Waals surface area contributed by atoms with Gasteiger partial charge in [-0.25, -0.2) is 9.97 Å². The third-order valence-electron chi connectivity index (χ3n) is 3.66. The van der Waals surface area contributed by atoms with E-state index in [4.69, 9.17) is 9.97 Å². The minimum atomic E-state index is 0.770. The van der Waals surface area contributed by atoms with E-state index in [1.807, 2.05) is 18.7 Å². The van der Waals surface area contributed by atoms with Crippen molar-refractivity contribution in [2.24, 2.45) is 7.05 Å². The van der Waals surface area contributed by atoms with Gasteiger partial charge in [-0.1, -0.05) is 6.92 Å². The van der Waals surface area contributed by atoms with Gasteiger partial charge in [-0.2, -0.15) is 5.10 Å².